The topological polar surface area (TPSA) is 75.7 Å². The molecular formula is C17H13F2N3O2. The quantitative estimate of drug-likeness (QED) is 0.747. The van der Waals surface area contributed by atoms with Crippen LogP contribution in [0.25, 0.3) is 10.9 Å². The van der Waals surface area contributed by atoms with Crippen LogP contribution in [0, 0.1) is 18.6 Å². The Morgan fingerprint density at radius 1 is 1.25 bits per heavy atom. The number of aromatic amines is 1. The Balaban J connectivity index is 1.88. The maximum Gasteiger partial charge on any atom is 0.262 e. The SMILES string of the molecule is Cc1cc(CCC(=O)c2nc3ccc(F)c(F)c3c(=O)[nH]2)ccn1. The van der Waals surface area contributed by atoms with Gasteiger partial charge in [0.15, 0.2) is 23.2 Å². The van der Waals surface area contributed by atoms with Crippen LogP contribution in [-0.2, 0) is 6.42 Å². The molecule has 0 aliphatic heterocycles. The molecule has 0 atom stereocenters. The smallest absolute Gasteiger partial charge is 0.262 e. The van der Waals surface area contributed by atoms with E-state index in [1.165, 1.54) is 6.07 Å². The second kappa shape index (κ2) is 6.27. The fraction of sp³-hybridized carbons (Fsp3) is 0.176. The van der Waals surface area contributed by atoms with Gasteiger partial charge in [-0.2, -0.15) is 0 Å². The van der Waals surface area contributed by atoms with Crippen molar-refractivity contribution in [3.63, 3.8) is 0 Å². The minimum absolute atomic E-state index is 0.0549. The molecule has 1 N–H and O–H groups in total. The molecule has 2 heterocycles. The maximum atomic E-state index is 13.7. The normalized spacial score (nSPS) is 11.0. The lowest BCUT2D eigenvalue weighted by Gasteiger charge is -2.04. The lowest BCUT2D eigenvalue weighted by atomic mass is 10.1. The van der Waals surface area contributed by atoms with E-state index in [-0.39, 0.29) is 23.5 Å². The number of halogens is 2. The second-order valence-corrected chi connectivity index (χ2v) is 5.40. The molecule has 0 fully saturated rings. The Hall–Kier alpha value is -2.96. The van der Waals surface area contributed by atoms with Gasteiger partial charge in [-0.05, 0) is 43.2 Å². The number of hydrogen-bond donors (Lipinski definition) is 1. The predicted octanol–water partition coefficient (Wildman–Crippen LogP) is 2.72. The highest BCUT2D eigenvalue weighted by atomic mass is 19.2. The predicted molar refractivity (Wildman–Crippen MR) is 83.9 cm³/mol. The first-order valence-electron chi connectivity index (χ1n) is 7.28. The highest BCUT2D eigenvalue weighted by Crippen LogP contribution is 2.15. The molecule has 3 aromatic rings. The third kappa shape index (κ3) is 3.05. The van der Waals surface area contributed by atoms with Crippen LogP contribution in [0.5, 0.6) is 0 Å². The van der Waals surface area contributed by atoms with Crippen molar-refractivity contribution in [3.8, 4) is 0 Å². The highest BCUT2D eigenvalue weighted by Gasteiger charge is 2.16. The molecule has 7 heteroatoms. The summed E-state index contributed by atoms with van der Waals surface area (Å²) in [6.45, 7) is 1.85. The summed E-state index contributed by atoms with van der Waals surface area (Å²) in [7, 11) is 0. The third-order valence-corrected chi connectivity index (χ3v) is 3.63. The minimum Gasteiger partial charge on any atom is -0.303 e. The average Bonchev–Trinajstić information content (AvgIpc) is 2.55. The number of Topliss-reactive ketones (excluding diaryl/α,β-unsaturated/α-hetero) is 1. The molecule has 0 spiro atoms. The molecule has 0 bridgehead atoms. The molecule has 3 rings (SSSR count). The zero-order valence-corrected chi connectivity index (χ0v) is 12.8. The number of aryl methyl sites for hydroxylation is 2. The molecule has 0 aliphatic rings. The number of benzene rings is 1. The summed E-state index contributed by atoms with van der Waals surface area (Å²) in [5.41, 5.74) is 0.850. The van der Waals surface area contributed by atoms with Gasteiger partial charge in [-0.25, -0.2) is 13.8 Å². The Kier molecular flexibility index (Phi) is 4.16. The van der Waals surface area contributed by atoms with Crippen LogP contribution in [0.3, 0.4) is 0 Å². The van der Waals surface area contributed by atoms with Crippen LogP contribution in [0.15, 0.2) is 35.3 Å². The van der Waals surface area contributed by atoms with Crippen molar-refractivity contribution in [3.05, 3.63) is 69.5 Å². The monoisotopic (exact) mass is 329 g/mol. The highest BCUT2D eigenvalue weighted by molar-refractivity contribution is 5.94. The molecule has 0 unspecified atom stereocenters. The van der Waals surface area contributed by atoms with E-state index in [1.807, 2.05) is 13.0 Å². The molecule has 0 radical (unpaired) electrons. The van der Waals surface area contributed by atoms with Crippen molar-refractivity contribution in [2.75, 3.05) is 0 Å². The van der Waals surface area contributed by atoms with Crippen LogP contribution in [0.1, 0.15) is 28.3 Å². The number of hydrogen-bond acceptors (Lipinski definition) is 4. The molecule has 2 aromatic heterocycles. The van der Waals surface area contributed by atoms with E-state index in [0.29, 0.717) is 6.42 Å². The van der Waals surface area contributed by atoms with Crippen LogP contribution >= 0.6 is 0 Å². The van der Waals surface area contributed by atoms with Crippen molar-refractivity contribution in [1.82, 2.24) is 15.0 Å². The first kappa shape index (κ1) is 15.9. The van der Waals surface area contributed by atoms with Gasteiger partial charge in [0.2, 0.25) is 0 Å². The van der Waals surface area contributed by atoms with Crippen LogP contribution in [0.2, 0.25) is 0 Å². The van der Waals surface area contributed by atoms with Crippen molar-refractivity contribution < 1.29 is 13.6 Å². The van der Waals surface area contributed by atoms with Gasteiger partial charge in [0.25, 0.3) is 5.56 Å². The summed E-state index contributed by atoms with van der Waals surface area (Å²) in [6, 6.07) is 5.71. The molecular weight excluding hydrogens is 316 g/mol. The lowest BCUT2D eigenvalue weighted by Crippen LogP contribution is -2.17. The largest absolute Gasteiger partial charge is 0.303 e. The molecule has 122 valence electrons. The average molecular weight is 329 g/mol. The lowest BCUT2D eigenvalue weighted by molar-refractivity contribution is 0.0973. The van der Waals surface area contributed by atoms with E-state index in [9.17, 15) is 18.4 Å². The number of carbonyl (C=O) groups is 1. The summed E-state index contributed by atoms with van der Waals surface area (Å²) in [6.07, 6.45) is 2.24. The number of nitrogens with zero attached hydrogens (tertiary/aromatic N) is 2. The minimum atomic E-state index is -1.27. The summed E-state index contributed by atoms with van der Waals surface area (Å²) < 4.78 is 26.9. The van der Waals surface area contributed by atoms with E-state index in [4.69, 9.17) is 0 Å². The summed E-state index contributed by atoms with van der Waals surface area (Å²) in [4.78, 5) is 34.4. The zero-order valence-electron chi connectivity index (χ0n) is 12.8. The van der Waals surface area contributed by atoms with Crippen molar-refractivity contribution in [2.24, 2.45) is 0 Å². The van der Waals surface area contributed by atoms with Crippen LogP contribution in [-0.4, -0.2) is 20.7 Å². The Morgan fingerprint density at radius 2 is 2.04 bits per heavy atom. The second-order valence-electron chi connectivity index (χ2n) is 5.40. The number of aromatic nitrogens is 3. The van der Waals surface area contributed by atoms with Crippen LogP contribution < -0.4 is 5.56 Å². The molecule has 0 saturated carbocycles. The molecule has 0 amide bonds. The Morgan fingerprint density at radius 3 is 2.79 bits per heavy atom. The van der Waals surface area contributed by atoms with Crippen LogP contribution in [0.4, 0.5) is 8.78 Å². The van der Waals surface area contributed by atoms with Crippen molar-refractivity contribution >= 4 is 16.7 Å². The summed E-state index contributed by atoms with van der Waals surface area (Å²) >= 11 is 0. The number of rotatable bonds is 4. The van der Waals surface area contributed by atoms with E-state index >= 15 is 0 Å². The number of pyridine rings is 1. The number of nitrogens with one attached hydrogen (secondary N) is 1. The number of H-pyrrole nitrogens is 1. The number of ketones is 1. The Bertz CT molecular complexity index is 999. The molecule has 0 aliphatic carbocycles. The summed E-state index contributed by atoms with van der Waals surface area (Å²) in [5.74, 6) is -2.95. The number of carbonyl (C=O) groups excluding carboxylic acids is 1. The first-order valence-corrected chi connectivity index (χ1v) is 7.28. The number of fused-ring (bicyclic) bond motifs is 1. The fourth-order valence-corrected chi connectivity index (χ4v) is 2.44. The van der Waals surface area contributed by atoms with Gasteiger partial charge in [0, 0.05) is 18.3 Å². The van der Waals surface area contributed by atoms with Gasteiger partial charge < -0.3 is 4.98 Å². The van der Waals surface area contributed by atoms with Gasteiger partial charge in [-0.1, -0.05) is 0 Å². The van der Waals surface area contributed by atoms with Gasteiger partial charge in [-0.3, -0.25) is 14.6 Å². The zero-order chi connectivity index (χ0) is 17.3. The van der Waals surface area contributed by atoms with Crippen molar-refractivity contribution in [2.45, 2.75) is 19.8 Å². The molecule has 0 saturated heterocycles. The maximum absolute atomic E-state index is 13.7. The van der Waals surface area contributed by atoms with E-state index in [2.05, 4.69) is 15.0 Å². The van der Waals surface area contributed by atoms with E-state index in [0.717, 1.165) is 17.3 Å². The van der Waals surface area contributed by atoms with Gasteiger partial charge in [0.1, 0.15) is 5.39 Å². The van der Waals surface area contributed by atoms with Gasteiger partial charge in [0.05, 0.1) is 5.52 Å². The molecule has 24 heavy (non-hydrogen) atoms. The first-order chi connectivity index (χ1) is 11.5. The standard InChI is InChI=1S/C17H13F2N3O2/c1-9-8-10(6-7-20-9)2-5-13(23)16-21-12-4-3-11(18)15(19)14(12)17(24)22-16/h3-4,6-8H,2,5H2,1H3,(H,21,22,24). The van der Waals surface area contributed by atoms with Gasteiger partial charge in [-0.15, -0.1) is 0 Å². The molecule has 5 nitrogen and oxygen atoms in total. The molecule has 1 aromatic carbocycles. The van der Waals surface area contributed by atoms with Gasteiger partial charge >= 0.3 is 0 Å². The van der Waals surface area contributed by atoms with E-state index < -0.39 is 22.6 Å². The van der Waals surface area contributed by atoms with E-state index in [1.54, 1.807) is 12.3 Å². The third-order valence-electron chi connectivity index (χ3n) is 3.63. The summed E-state index contributed by atoms with van der Waals surface area (Å²) in [5, 5.41) is -0.490. The van der Waals surface area contributed by atoms with Crippen molar-refractivity contribution in [1.29, 1.82) is 0 Å². The fourth-order valence-electron chi connectivity index (χ4n) is 2.44. The Labute approximate surface area is 135 Å².